The van der Waals surface area contributed by atoms with Crippen LogP contribution in [0.4, 0.5) is 5.95 Å². The molecule has 5 nitrogen and oxygen atoms in total. The number of nitrogens with zero attached hydrogens (tertiary/aromatic N) is 3. The Labute approximate surface area is 191 Å². The van der Waals surface area contributed by atoms with Gasteiger partial charge in [0, 0.05) is 29.7 Å². The zero-order valence-electron chi connectivity index (χ0n) is 17.3. The van der Waals surface area contributed by atoms with Crippen LogP contribution < -0.4 is 10.6 Å². The minimum atomic E-state index is -0.168. The van der Waals surface area contributed by atoms with Crippen LogP contribution in [0.5, 0.6) is 0 Å². The molecule has 1 aromatic carbocycles. The summed E-state index contributed by atoms with van der Waals surface area (Å²) in [6, 6.07) is 10.2. The second kappa shape index (κ2) is 11.9. The highest BCUT2D eigenvalue weighted by molar-refractivity contribution is 6.31. The number of hydrogen-bond donors (Lipinski definition) is 2. The minimum absolute atomic E-state index is 0. The van der Waals surface area contributed by atoms with Gasteiger partial charge in [-0.05, 0) is 63.6 Å². The molecule has 3 rings (SSSR count). The van der Waals surface area contributed by atoms with Gasteiger partial charge < -0.3 is 15.5 Å². The third-order valence-corrected chi connectivity index (χ3v) is 5.61. The fraction of sp³-hybridized carbons (Fsp3) is 0.524. The smallest absolute Gasteiger partial charge is 0.222 e. The van der Waals surface area contributed by atoms with Gasteiger partial charge in [0.1, 0.15) is 0 Å². The van der Waals surface area contributed by atoms with Crippen LogP contribution in [0.15, 0.2) is 36.5 Å². The van der Waals surface area contributed by atoms with E-state index in [1.807, 2.05) is 24.4 Å². The van der Waals surface area contributed by atoms with Crippen molar-refractivity contribution in [1.82, 2.24) is 20.2 Å². The van der Waals surface area contributed by atoms with Crippen LogP contribution in [-0.4, -0.2) is 55.1 Å². The number of rotatable bonds is 7. The summed E-state index contributed by atoms with van der Waals surface area (Å²) >= 11 is 6.60. The molecule has 0 spiro atoms. The minimum Gasteiger partial charge on any atom is -0.354 e. The fourth-order valence-corrected chi connectivity index (χ4v) is 4.35. The lowest BCUT2D eigenvalue weighted by molar-refractivity contribution is 0.346. The SMILES string of the molecule is CC(CNc1nccc(C2(c3ccccc3Cl)CCNCC2)n1)CN(C)C.Cl.Cl. The zero-order chi connectivity index (χ0) is 19.3. The Morgan fingerprint density at radius 1 is 1.17 bits per heavy atom. The molecule has 0 bridgehead atoms. The van der Waals surface area contributed by atoms with Crippen molar-refractivity contribution in [3.05, 3.63) is 52.8 Å². The second-order valence-corrected chi connectivity index (χ2v) is 8.23. The quantitative estimate of drug-likeness (QED) is 0.647. The lowest BCUT2D eigenvalue weighted by Crippen LogP contribution is -2.41. The number of piperidine rings is 1. The number of anilines is 1. The monoisotopic (exact) mass is 459 g/mol. The van der Waals surface area contributed by atoms with E-state index in [0.29, 0.717) is 11.9 Å². The Bertz CT molecular complexity index is 751. The highest BCUT2D eigenvalue weighted by Gasteiger charge is 2.38. The molecule has 1 aliphatic heterocycles. The van der Waals surface area contributed by atoms with E-state index in [9.17, 15) is 0 Å². The number of hydrogen-bond acceptors (Lipinski definition) is 5. The molecular weight excluding hydrogens is 429 g/mol. The van der Waals surface area contributed by atoms with Gasteiger partial charge in [0.15, 0.2) is 0 Å². The first kappa shape index (κ1) is 25.9. The average Bonchev–Trinajstić information content (AvgIpc) is 2.67. The van der Waals surface area contributed by atoms with E-state index in [0.717, 1.165) is 49.7 Å². The summed E-state index contributed by atoms with van der Waals surface area (Å²) in [5.74, 6) is 1.21. The van der Waals surface area contributed by atoms with Gasteiger partial charge in [0.2, 0.25) is 5.95 Å². The molecule has 0 radical (unpaired) electrons. The maximum absolute atomic E-state index is 6.60. The van der Waals surface area contributed by atoms with Crippen molar-refractivity contribution in [2.75, 3.05) is 45.6 Å². The molecule has 2 N–H and O–H groups in total. The van der Waals surface area contributed by atoms with Gasteiger partial charge in [0.05, 0.1) is 5.69 Å². The molecule has 162 valence electrons. The Kier molecular flexibility index (Phi) is 10.7. The van der Waals surface area contributed by atoms with Gasteiger partial charge in [0.25, 0.3) is 0 Å². The number of aromatic nitrogens is 2. The predicted octanol–water partition coefficient (Wildman–Crippen LogP) is 4.25. The van der Waals surface area contributed by atoms with Crippen LogP contribution in [-0.2, 0) is 5.41 Å². The van der Waals surface area contributed by atoms with Gasteiger partial charge >= 0.3 is 0 Å². The Morgan fingerprint density at radius 2 is 1.86 bits per heavy atom. The van der Waals surface area contributed by atoms with E-state index in [2.05, 4.69) is 53.7 Å². The van der Waals surface area contributed by atoms with Crippen LogP contribution in [0.2, 0.25) is 5.02 Å². The van der Waals surface area contributed by atoms with E-state index in [4.69, 9.17) is 16.6 Å². The van der Waals surface area contributed by atoms with Crippen molar-refractivity contribution < 1.29 is 0 Å². The van der Waals surface area contributed by atoms with Gasteiger partial charge in [-0.2, -0.15) is 0 Å². The van der Waals surface area contributed by atoms with Crippen molar-refractivity contribution in [3.8, 4) is 0 Å². The van der Waals surface area contributed by atoms with Crippen LogP contribution in [0, 0.1) is 5.92 Å². The lowest BCUT2D eigenvalue weighted by atomic mass is 9.70. The molecule has 2 heterocycles. The molecule has 1 saturated heterocycles. The van der Waals surface area contributed by atoms with Crippen molar-refractivity contribution in [1.29, 1.82) is 0 Å². The molecule has 0 saturated carbocycles. The van der Waals surface area contributed by atoms with Crippen LogP contribution in [0.1, 0.15) is 31.0 Å². The highest BCUT2D eigenvalue weighted by atomic mass is 35.5. The van der Waals surface area contributed by atoms with Crippen LogP contribution in [0.25, 0.3) is 0 Å². The first-order valence-corrected chi connectivity index (χ1v) is 10.1. The van der Waals surface area contributed by atoms with Crippen molar-refractivity contribution in [2.24, 2.45) is 5.92 Å². The third-order valence-electron chi connectivity index (χ3n) is 5.28. The maximum atomic E-state index is 6.60. The van der Waals surface area contributed by atoms with Gasteiger partial charge in [-0.3, -0.25) is 0 Å². The van der Waals surface area contributed by atoms with Gasteiger partial charge in [-0.15, -0.1) is 24.8 Å². The standard InChI is InChI=1S/C21H30ClN5.2ClH/c1-16(15-27(2)3)14-25-20-24-11-8-19(26-20)21(9-12-23-13-10-21)17-6-4-5-7-18(17)22;;/h4-8,11,16,23H,9-10,12-15H2,1-3H3,(H,24,25,26);2*1H. The molecule has 1 aromatic heterocycles. The molecule has 1 unspecified atom stereocenters. The van der Waals surface area contributed by atoms with E-state index >= 15 is 0 Å². The zero-order valence-corrected chi connectivity index (χ0v) is 19.7. The lowest BCUT2D eigenvalue weighted by Gasteiger charge is -2.38. The largest absolute Gasteiger partial charge is 0.354 e. The van der Waals surface area contributed by atoms with Crippen LogP contribution >= 0.6 is 36.4 Å². The molecule has 1 aliphatic rings. The number of nitrogens with one attached hydrogen (secondary N) is 2. The number of benzene rings is 1. The van der Waals surface area contributed by atoms with Crippen LogP contribution in [0.3, 0.4) is 0 Å². The molecule has 1 atom stereocenters. The summed E-state index contributed by atoms with van der Waals surface area (Å²) in [5, 5.41) is 7.69. The normalized spacial score (nSPS) is 16.4. The van der Waals surface area contributed by atoms with Crippen molar-refractivity contribution in [2.45, 2.75) is 25.2 Å². The molecular formula is C21H32Cl3N5. The third kappa shape index (κ3) is 6.43. The average molecular weight is 461 g/mol. The summed E-state index contributed by atoms with van der Waals surface area (Å²) in [4.78, 5) is 11.6. The highest BCUT2D eigenvalue weighted by Crippen LogP contribution is 2.42. The van der Waals surface area contributed by atoms with Gasteiger partial charge in [-0.25, -0.2) is 9.97 Å². The Balaban J connectivity index is 0.00000210. The van der Waals surface area contributed by atoms with E-state index in [1.165, 1.54) is 5.56 Å². The summed E-state index contributed by atoms with van der Waals surface area (Å²) in [5.41, 5.74) is 2.05. The number of halogens is 3. The molecule has 29 heavy (non-hydrogen) atoms. The summed E-state index contributed by atoms with van der Waals surface area (Å²) in [6.07, 6.45) is 3.82. The van der Waals surface area contributed by atoms with E-state index < -0.39 is 0 Å². The second-order valence-electron chi connectivity index (χ2n) is 7.83. The van der Waals surface area contributed by atoms with Crippen molar-refractivity contribution >= 4 is 42.4 Å². The van der Waals surface area contributed by atoms with E-state index in [1.54, 1.807) is 0 Å². The van der Waals surface area contributed by atoms with E-state index in [-0.39, 0.29) is 30.2 Å². The molecule has 0 aliphatic carbocycles. The molecule has 1 fully saturated rings. The summed E-state index contributed by atoms with van der Waals surface area (Å²) < 4.78 is 0. The topological polar surface area (TPSA) is 53.1 Å². The molecule has 8 heteroatoms. The van der Waals surface area contributed by atoms with Crippen molar-refractivity contribution in [3.63, 3.8) is 0 Å². The predicted molar refractivity (Wildman–Crippen MR) is 127 cm³/mol. The first-order valence-electron chi connectivity index (χ1n) is 9.69. The Hall–Kier alpha value is -1.11. The summed E-state index contributed by atoms with van der Waals surface area (Å²) in [6.45, 7) is 6.02. The summed E-state index contributed by atoms with van der Waals surface area (Å²) in [7, 11) is 4.19. The first-order chi connectivity index (χ1) is 13.0. The fourth-order valence-electron chi connectivity index (χ4n) is 4.03. The Morgan fingerprint density at radius 3 is 2.52 bits per heavy atom. The molecule has 0 amide bonds. The van der Waals surface area contributed by atoms with Gasteiger partial charge in [-0.1, -0.05) is 36.7 Å². The maximum Gasteiger partial charge on any atom is 0.222 e. The molecule has 2 aromatic rings.